The van der Waals surface area contributed by atoms with Crippen molar-refractivity contribution in [2.75, 3.05) is 5.32 Å². The number of thiazole rings is 1. The van der Waals surface area contributed by atoms with Crippen LogP contribution in [0.15, 0.2) is 23.7 Å². The summed E-state index contributed by atoms with van der Waals surface area (Å²) in [4.78, 5) is 25.1. The quantitative estimate of drug-likeness (QED) is 0.649. The molecule has 2 rings (SSSR count). The number of anilines is 1. The lowest BCUT2D eigenvalue weighted by Crippen LogP contribution is -2.10. The van der Waals surface area contributed by atoms with Gasteiger partial charge in [0.05, 0.1) is 11.0 Å². The van der Waals surface area contributed by atoms with Crippen LogP contribution in [-0.4, -0.2) is 21.0 Å². The Hall–Kier alpha value is -2.55. The standard InChI is InChI=1S/C12H10FN3O4S/c1-6(11-14-2-3-21-11)15-9-5-8(13)7(12(17)18)4-10(9)16(19)20/h2-6,15H,1H3,(H,17,18). The molecule has 0 saturated heterocycles. The Morgan fingerprint density at radius 1 is 1.57 bits per heavy atom. The fourth-order valence-corrected chi connectivity index (χ4v) is 2.38. The lowest BCUT2D eigenvalue weighted by molar-refractivity contribution is -0.384. The summed E-state index contributed by atoms with van der Waals surface area (Å²) in [6.07, 6.45) is 1.58. The van der Waals surface area contributed by atoms with Gasteiger partial charge in [-0.3, -0.25) is 10.1 Å². The van der Waals surface area contributed by atoms with E-state index in [1.807, 2.05) is 0 Å². The molecule has 0 spiro atoms. The normalized spacial score (nSPS) is 11.9. The van der Waals surface area contributed by atoms with Crippen LogP contribution >= 0.6 is 11.3 Å². The van der Waals surface area contributed by atoms with E-state index in [-0.39, 0.29) is 11.7 Å². The Morgan fingerprint density at radius 3 is 2.81 bits per heavy atom. The number of nitro groups is 1. The van der Waals surface area contributed by atoms with Crippen LogP contribution in [0, 0.1) is 15.9 Å². The fraction of sp³-hybridized carbons (Fsp3) is 0.167. The molecule has 0 saturated carbocycles. The molecule has 1 aromatic heterocycles. The minimum atomic E-state index is -1.56. The van der Waals surface area contributed by atoms with Crippen LogP contribution in [0.1, 0.15) is 28.3 Å². The highest BCUT2D eigenvalue weighted by Gasteiger charge is 2.23. The SMILES string of the molecule is CC(Nc1cc(F)c(C(=O)O)cc1[N+](=O)[O-])c1nccs1. The number of carboxylic acid groups (broad SMARTS) is 1. The molecule has 110 valence electrons. The van der Waals surface area contributed by atoms with Crippen molar-refractivity contribution in [3.8, 4) is 0 Å². The third-order valence-electron chi connectivity index (χ3n) is 2.71. The highest BCUT2D eigenvalue weighted by Crippen LogP contribution is 2.31. The van der Waals surface area contributed by atoms with Gasteiger partial charge < -0.3 is 10.4 Å². The molecule has 0 aliphatic heterocycles. The van der Waals surface area contributed by atoms with Gasteiger partial charge in [0, 0.05) is 23.7 Å². The van der Waals surface area contributed by atoms with E-state index in [4.69, 9.17) is 5.11 Å². The number of aromatic carboxylic acids is 1. The monoisotopic (exact) mass is 311 g/mol. The van der Waals surface area contributed by atoms with E-state index in [0.717, 1.165) is 6.07 Å². The van der Waals surface area contributed by atoms with Gasteiger partial charge in [0.25, 0.3) is 5.69 Å². The molecule has 0 aliphatic rings. The van der Waals surface area contributed by atoms with Gasteiger partial charge in [-0.25, -0.2) is 14.2 Å². The van der Waals surface area contributed by atoms with Crippen molar-refractivity contribution in [3.05, 3.63) is 50.2 Å². The van der Waals surface area contributed by atoms with Crippen LogP contribution in [-0.2, 0) is 0 Å². The van der Waals surface area contributed by atoms with E-state index in [1.165, 1.54) is 11.3 Å². The second-order valence-corrected chi connectivity index (χ2v) is 5.07. The van der Waals surface area contributed by atoms with E-state index in [0.29, 0.717) is 11.1 Å². The first-order chi connectivity index (χ1) is 9.90. The van der Waals surface area contributed by atoms with Crippen molar-refractivity contribution in [3.63, 3.8) is 0 Å². The second kappa shape index (κ2) is 5.83. The molecule has 1 unspecified atom stereocenters. The Kier molecular flexibility index (Phi) is 4.13. The Bertz CT molecular complexity index is 690. The molecular formula is C12H10FN3O4S. The largest absolute Gasteiger partial charge is 0.478 e. The Morgan fingerprint density at radius 2 is 2.29 bits per heavy atom. The number of carboxylic acids is 1. The molecule has 0 amide bonds. The lowest BCUT2D eigenvalue weighted by Gasteiger charge is -2.13. The highest BCUT2D eigenvalue weighted by atomic mass is 32.1. The van der Waals surface area contributed by atoms with Crippen molar-refractivity contribution in [1.82, 2.24) is 4.98 Å². The van der Waals surface area contributed by atoms with Crippen LogP contribution in [0.3, 0.4) is 0 Å². The second-order valence-electron chi connectivity index (χ2n) is 4.15. The minimum absolute atomic E-state index is 0.0924. The van der Waals surface area contributed by atoms with Gasteiger partial charge >= 0.3 is 5.97 Å². The molecule has 9 heteroatoms. The third-order valence-corrected chi connectivity index (χ3v) is 3.66. The molecular weight excluding hydrogens is 301 g/mol. The predicted octanol–water partition coefficient (Wildman–Crippen LogP) is 3.06. The number of rotatable bonds is 5. The van der Waals surface area contributed by atoms with Crippen LogP contribution in [0.5, 0.6) is 0 Å². The summed E-state index contributed by atoms with van der Waals surface area (Å²) in [5.74, 6) is -2.60. The number of nitrogens with zero attached hydrogens (tertiary/aromatic N) is 2. The van der Waals surface area contributed by atoms with Gasteiger partial charge in [0.15, 0.2) is 0 Å². The van der Waals surface area contributed by atoms with Crippen molar-refractivity contribution in [2.45, 2.75) is 13.0 Å². The minimum Gasteiger partial charge on any atom is -0.478 e. The number of hydrogen-bond acceptors (Lipinski definition) is 6. The molecule has 0 fully saturated rings. The van der Waals surface area contributed by atoms with Gasteiger partial charge in [-0.05, 0) is 6.92 Å². The summed E-state index contributed by atoms with van der Waals surface area (Å²) in [6, 6.07) is 1.14. The first-order valence-electron chi connectivity index (χ1n) is 5.77. The summed E-state index contributed by atoms with van der Waals surface area (Å²) in [5, 5.41) is 25.0. The van der Waals surface area contributed by atoms with Crippen molar-refractivity contribution in [2.24, 2.45) is 0 Å². The maximum absolute atomic E-state index is 13.7. The van der Waals surface area contributed by atoms with Gasteiger partial charge in [-0.2, -0.15) is 0 Å². The van der Waals surface area contributed by atoms with E-state index in [2.05, 4.69) is 10.3 Å². The van der Waals surface area contributed by atoms with Crippen LogP contribution < -0.4 is 5.32 Å². The van der Waals surface area contributed by atoms with E-state index >= 15 is 0 Å². The summed E-state index contributed by atoms with van der Waals surface area (Å²) >= 11 is 1.35. The lowest BCUT2D eigenvalue weighted by atomic mass is 10.1. The predicted molar refractivity (Wildman–Crippen MR) is 74.2 cm³/mol. The number of nitro benzene ring substituents is 1. The van der Waals surface area contributed by atoms with Crippen molar-refractivity contribution >= 4 is 28.7 Å². The van der Waals surface area contributed by atoms with Crippen molar-refractivity contribution < 1.29 is 19.2 Å². The fourth-order valence-electron chi connectivity index (χ4n) is 1.74. The van der Waals surface area contributed by atoms with Crippen LogP contribution in [0.4, 0.5) is 15.8 Å². The van der Waals surface area contributed by atoms with Crippen molar-refractivity contribution in [1.29, 1.82) is 0 Å². The maximum Gasteiger partial charge on any atom is 0.338 e. The van der Waals surface area contributed by atoms with E-state index < -0.39 is 28.0 Å². The summed E-state index contributed by atoms with van der Waals surface area (Å²) in [7, 11) is 0. The van der Waals surface area contributed by atoms with Crippen LogP contribution in [0.2, 0.25) is 0 Å². The number of hydrogen-bond donors (Lipinski definition) is 2. The van der Waals surface area contributed by atoms with E-state index in [1.54, 1.807) is 18.5 Å². The number of aromatic nitrogens is 1. The zero-order chi connectivity index (χ0) is 15.6. The number of carbonyl (C=O) groups is 1. The van der Waals surface area contributed by atoms with Gasteiger partial charge in [-0.1, -0.05) is 0 Å². The molecule has 1 atom stereocenters. The average Bonchev–Trinajstić information content (AvgIpc) is 2.91. The molecule has 0 radical (unpaired) electrons. The summed E-state index contributed by atoms with van der Waals surface area (Å²) in [6.45, 7) is 1.71. The molecule has 0 aliphatic carbocycles. The maximum atomic E-state index is 13.7. The molecule has 1 heterocycles. The van der Waals surface area contributed by atoms with Gasteiger partial charge in [0.2, 0.25) is 0 Å². The topological polar surface area (TPSA) is 105 Å². The number of benzene rings is 1. The van der Waals surface area contributed by atoms with Crippen LogP contribution in [0.25, 0.3) is 0 Å². The summed E-state index contributed by atoms with van der Waals surface area (Å²) in [5.41, 5.74) is -1.34. The molecule has 7 nitrogen and oxygen atoms in total. The first-order valence-corrected chi connectivity index (χ1v) is 6.65. The number of nitrogens with one attached hydrogen (secondary N) is 1. The first kappa shape index (κ1) is 14.9. The molecule has 2 aromatic rings. The molecule has 2 N–H and O–H groups in total. The smallest absolute Gasteiger partial charge is 0.338 e. The Labute approximate surface area is 122 Å². The Balaban J connectivity index is 2.40. The van der Waals surface area contributed by atoms with E-state index in [9.17, 15) is 19.3 Å². The zero-order valence-electron chi connectivity index (χ0n) is 10.7. The zero-order valence-corrected chi connectivity index (χ0v) is 11.6. The third kappa shape index (κ3) is 3.14. The molecule has 21 heavy (non-hydrogen) atoms. The van der Waals surface area contributed by atoms with Gasteiger partial charge in [0.1, 0.15) is 22.1 Å². The number of halogens is 1. The highest BCUT2D eigenvalue weighted by molar-refractivity contribution is 7.09. The van der Waals surface area contributed by atoms with Gasteiger partial charge in [-0.15, -0.1) is 11.3 Å². The molecule has 1 aromatic carbocycles. The average molecular weight is 311 g/mol. The summed E-state index contributed by atoms with van der Waals surface area (Å²) < 4.78 is 13.7. The molecule has 0 bridgehead atoms.